The van der Waals surface area contributed by atoms with Crippen molar-refractivity contribution in [1.82, 2.24) is 29.7 Å². The predicted octanol–water partition coefficient (Wildman–Crippen LogP) is 4.82. The smallest absolute Gasteiger partial charge is 0.148 e. The molecule has 2 N–H and O–H groups in total. The van der Waals surface area contributed by atoms with E-state index >= 15 is 0 Å². The number of fused-ring (bicyclic) bond motifs is 2. The van der Waals surface area contributed by atoms with Gasteiger partial charge >= 0.3 is 0 Å². The first-order valence-electron chi connectivity index (χ1n) is 10.4. The predicted molar refractivity (Wildman–Crippen MR) is 121 cm³/mol. The van der Waals surface area contributed by atoms with E-state index in [0.29, 0.717) is 33.2 Å². The zero-order valence-corrected chi connectivity index (χ0v) is 17.9. The number of ether oxygens (including phenoxy) is 1. The van der Waals surface area contributed by atoms with Crippen molar-refractivity contribution < 1.29 is 9.84 Å². The number of nitrogens with one attached hydrogen (secondary N) is 1. The van der Waals surface area contributed by atoms with Gasteiger partial charge in [0.1, 0.15) is 27.9 Å². The van der Waals surface area contributed by atoms with E-state index in [1.807, 2.05) is 42.1 Å². The van der Waals surface area contributed by atoms with Crippen LogP contribution in [0.25, 0.3) is 33.3 Å². The summed E-state index contributed by atoms with van der Waals surface area (Å²) >= 11 is 6.68. The molecule has 5 aromatic rings. The van der Waals surface area contributed by atoms with E-state index < -0.39 is 0 Å². The molecule has 0 amide bonds. The van der Waals surface area contributed by atoms with Gasteiger partial charge in [0.2, 0.25) is 0 Å². The van der Waals surface area contributed by atoms with Crippen LogP contribution in [0.15, 0.2) is 48.9 Å². The maximum absolute atomic E-state index is 9.54. The minimum Gasteiger partial charge on any atom is -0.456 e. The van der Waals surface area contributed by atoms with E-state index in [2.05, 4.69) is 20.1 Å². The number of H-pyrrole nitrogens is 1. The third-order valence-electron chi connectivity index (χ3n) is 5.78. The highest BCUT2D eigenvalue weighted by atomic mass is 35.5. The van der Waals surface area contributed by atoms with Crippen molar-refractivity contribution in [2.45, 2.75) is 31.9 Å². The molecule has 0 saturated heterocycles. The summed E-state index contributed by atoms with van der Waals surface area (Å²) in [5.74, 6) is 2.00. The van der Waals surface area contributed by atoms with Gasteiger partial charge in [-0.15, -0.1) is 0 Å². The standard InChI is InChI=1S/C23H19ClN6O2/c1-12-27-17-3-2-16(8-19(17)28-12)32-21-5-4-18-23(22(21)24)29-20(10-25-18)13-9-26-30(11-13)14-6-15(31)7-14/h2-5,8-11,14-15,31H,6-7H2,1H3,(H,27,28). The zero-order chi connectivity index (χ0) is 21.8. The molecule has 0 radical (unpaired) electrons. The molecule has 6 rings (SSSR count). The van der Waals surface area contributed by atoms with E-state index in [1.165, 1.54) is 0 Å². The monoisotopic (exact) mass is 446 g/mol. The molecule has 8 nitrogen and oxygen atoms in total. The largest absolute Gasteiger partial charge is 0.456 e. The Bertz CT molecular complexity index is 1470. The second-order valence-corrected chi connectivity index (χ2v) is 8.47. The number of aromatic nitrogens is 6. The van der Waals surface area contributed by atoms with Gasteiger partial charge in [-0.25, -0.2) is 9.97 Å². The second-order valence-electron chi connectivity index (χ2n) is 8.09. The first-order valence-corrected chi connectivity index (χ1v) is 10.7. The molecule has 0 spiro atoms. The molecule has 0 bridgehead atoms. The SMILES string of the molecule is Cc1nc2ccc(Oc3ccc4ncc(-c5cnn(C6CC(O)C6)c5)nc4c3Cl)cc2[nH]1. The number of aliphatic hydroxyl groups excluding tert-OH is 1. The summed E-state index contributed by atoms with van der Waals surface area (Å²) in [6.07, 6.45) is 6.62. The van der Waals surface area contributed by atoms with Gasteiger partial charge in [-0.1, -0.05) is 11.6 Å². The van der Waals surface area contributed by atoms with Gasteiger partial charge in [-0.2, -0.15) is 5.10 Å². The van der Waals surface area contributed by atoms with Gasteiger partial charge in [0.05, 0.1) is 46.8 Å². The number of nitrogens with zero attached hydrogens (tertiary/aromatic N) is 5. The molecule has 160 valence electrons. The molecule has 1 aliphatic rings. The summed E-state index contributed by atoms with van der Waals surface area (Å²) in [4.78, 5) is 16.9. The van der Waals surface area contributed by atoms with Gasteiger partial charge < -0.3 is 14.8 Å². The summed E-state index contributed by atoms with van der Waals surface area (Å²) in [6, 6.07) is 9.51. The van der Waals surface area contributed by atoms with Gasteiger partial charge in [0.25, 0.3) is 0 Å². The third kappa shape index (κ3) is 3.28. The molecule has 9 heteroatoms. The van der Waals surface area contributed by atoms with Crippen LogP contribution in [0.3, 0.4) is 0 Å². The molecule has 0 unspecified atom stereocenters. The lowest BCUT2D eigenvalue weighted by Gasteiger charge is -2.31. The number of aliphatic hydroxyl groups is 1. The molecule has 32 heavy (non-hydrogen) atoms. The minimum atomic E-state index is -0.233. The minimum absolute atomic E-state index is 0.228. The van der Waals surface area contributed by atoms with Crippen LogP contribution in [0.4, 0.5) is 0 Å². The fourth-order valence-electron chi connectivity index (χ4n) is 4.00. The Hall–Kier alpha value is -3.49. The Morgan fingerprint density at radius 1 is 1.12 bits per heavy atom. The van der Waals surface area contributed by atoms with Crippen molar-refractivity contribution >= 4 is 33.7 Å². The molecule has 1 fully saturated rings. The fourth-order valence-corrected chi connectivity index (χ4v) is 4.24. The highest BCUT2D eigenvalue weighted by Gasteiger charge is 2.29. The first-order chi connectivity index (χ1) is 15.5. The third-order valence-corrected chi connectivity index (χ3v) is 6.14. The van der Waals surface area contributed by atoms with Gasteiger partial charge in [0, 0.05) is 17.8 Å². The maximum atomic E-state index is 9.54. The second kappa shape index (κ2) is 7.29. The van der Waals surface area contributed by atoms with Crippen LogP contribution in [0.1, 0.15) is 24.7 Å². The van der Waals surface area contributed by atoms with Crippen molar-refractivity contribution in [3.05, 3.63) is 59.8 Å². The number of benzene rings is 2. The summed E-state index contributed by atoms with van der Waals surface area (Å²) in [6.45, 7) is 1.91. The van der Waals surface area contributed by atoms with Crippen LogP contribution in [0.2, 0.25) is 5.02 Å². The molecule has 3 aromatic heterocycles. The van der Waals surface area contributed by atoms with Crippen molar-refractivity contribution in [3.63, 3.8) is 0 Å². The normalized spacial score (nSPS) is 18.2. The summed E-state index contributed by atoms with van der Waals surface area (Å²) in [7, 11) is 0. The lowest BCUT2D eigenvalue weighted by Crippen LogP contribution is -2.30. The molecule has 1 aliphatic carbocycles. The van der Waals surface area contributed by atoms with Crippen LogP contribution in [0.5, 0.6) is 11.5 Å². The van der Waals surface area contributed by atoms with E-state index in [4.69, 9.17) is 21.3 Å². The maximum Gasteiger partial charge on any atom is 0.148 e. The first kappa shape index (κ1) is 19.2. The van der Waals surface area contributed by atoms with Crippen LogP contribution in [-0.2, 0) is 0 Å². The van der Waals surface area contributed by atoms with Crippen LogP contribution >= 0.6 is 11.6 Å². The number of halogens is 1. The molecular weight excluding hydrogens is 428 g/mol. The fraction of sp³-hybridized carbons (Fsp3) is 0.217. The lowest BCUT2D eigenvalue weighted by molar-refractivity contribution is 0.0434. The van der Waals surface area contributed by atoms with E-state index in [1.54, 1.807) is 18.5 Å². The number of aromatic amines is 1. The Morgan fingerprint density at radius 3 is 2.81 bits per heavy atom. The number of imidazole rings is 1. The number of aryl methyl sites for hydroxylation is 1. The van der Waals surface area contributed by atoms with Crippen molar-refractivity contribution in [1.29, 1.82) is 0 Å². The average Bonchev–Trinajstić information content (AvgIpc) is 3.39. The molecular formula is C23H19ClN6O2. The van der Waals surface area contributed by atoms with Crippen molar-refractivity contribution in [2.75, 3.05) is 0 Å². The molecule has 2 aromatic carbocycles. The van der Waals surface area contributed by atoms with Gasteiger partial charge in [-0.05, 0) is 44.0 Å². The van der Waals surface area contributed by atoms with Crippen LogP contribution in [0, 0.1) is 6.92 Å². The van der Waals surface area contributed by atoms with Crippen molar-refractivity contribution in [3.8, 4) is 22.8 Å². The van der Waals surface area contributed by atoms with E-state index in [-0.39, 0.29) is 12.1 Å². The Morgan fingerprint density at radius 2 is 1.97 bits per heavy atom. The molecule has 0 atom stereocenters. The quantitative estimate of drug-likeness (QED) is 0.410. The molecule has 0 aliphatic heterocycles. The summed E-state index contributed by atoms with van der Waals surface area (Å²) in [5, 5.41) is 14.4. The number of hydrogen-bond donors (Lipinski definition) is 2. The summed E-state index contributed by atoms with van der Waals surface area (Å²) < 4.78 is 7.94. The van der Waals surface area contributed by atoms with Gasteiger partial charge in [0.15, 0.2) is 0 Å². The van der Waals surface area contributed by atoms with Crippen LogP contribution < -0.4 is 4.74 Å². The lowest BCUT2D eigenvalue weighted by atomic mass is 9.90. The van der Waals surface area contributed by atoms with E-state index in [9.17, 15) is 5.11 Å². The highest BCUT2D eigenvalue weighted by Crippen LogP contribution is 2.36. The highest BCUT2D eigenvalue weighted by molar-refractivity contribution is 6.36. The number of rotatable bonds is 4. The van der Waals surface area contributed by atoms with Crippen molar-refractivity contribution in [2.24, 2.45) is 0 Å². The molecule has 1 saturated carbocycles. The van der Waals surface area contributed by atoms with E-state index in [0.717, 1.165) is 35.3 Å². The number of hydrogen-bond acceptors (Lipinski definition) is 6. The average molecular weight is 447 g/mol. The Balaban J connectivity index is 1.33. The van der Waals surface area contributed by atoms with Gasteiger partial charge in [-0.3, -0.25) is 9.67 Å². The zero-order valence-electron chi connectivity index (χ0n) is 17.2. The topological polar surface area (TPSA) is 102 Å². The van der Waals surface area contributed by atoms with Crippen LogP contribution in [-0.4, -0.2) is 40.9 Å². The Kier molecular flexibility index (Phi) is 4.38. The Labute approximate surface area is 187 Å². The molecule has 3 heterocycles. The summed E-state index contributed by atoms with van der Waals surface area (Å²) in [5.41, 5.74) is 4.55.